The number of nitrogens with zero attached hydrogens (tertiary/aromatic N) is 2. The summed E-state index contributed by atoms with van der Waals surface area (Å²) in [5.74, 6) is -1.14. The van der Waals surface area contributed by atoms with Gasteiger partial charge in [0.25, 0.3) is 5.69 Å². The van der Waals surface area contributed by atoms with Crippen molar-refractivity contribution >= 4 is 23.7 Å². The van der Waals surface area contributed by atoms with Crippen LogP contribution in [-0.2, 0) is 14.3 Å². The van der Waals surface area contributed by atoms with Crippen LogP contribution in [0.25, 0.3) is 6.08 Å². The molecule has 1 aliphatic carbocycles. The van der Waals surface area contributed by atoms with Crippen molar-refractivity contribution in [1.29, 1.82) is 0 Å². The van der Waals surface area contributed by atoms with Gasteiger partial charge in [0.1, 0.15) is 5.69 Å². The molecule has 0 amide bonds. The van der Waals surface area contributed by atoms with Crippen molar-refractivity contribution in [1.82, 2.24) is 4.98 Å². The molecule has 0 radical (unpaired) electrons. The van der Waals surface area contributed by atoms with Crippen LogP contribution in [0, 0.1) is 16.0 Å². The molecule has 8 nitrogen and oxygen atoms in total. The number of rotatable bonds is 7. The summed E-state index contributed by atoms with van der Waals surface area (Å²) in [4.78, 5) is 38.3. The van der Waals surface area contributed by atoms with Crippen LogP contribution < -0.4 is 0 Å². The Balaban J connectivity index is 2.41. The summed E-state index contributed by atoms with van der Waals surface area (Å²) in [7, 11) is 0. The van der Waals surface area contributed by atoms with Gasteiger partial charge < -0.3 is 9.47 Å². The zero-order valence-electron chi connectivity index (χ0n) is 13.5. The highest BCUT2D eigenvalue weighted by Gasteiger charge is 2.32. The molecular formula is C16H18N2O6. The number of nitro groups is 1. The van der Waals surface area contributed by atoms with E-state index < -0.39 is 16.9 Å². The lowest BCUT2D eigenvalue weighted by atomic mass is 10.1. The molecular weight excluding hydrogens is 316 g/mol. The van der Waals surface area contributed by atoms with Crippen LogP contribution in [-0.4, -0.2) is 35.1 Å². The zero-order chi connectivity index (χ0) is 17.7. The summed E-state index contributed by atoms with van der Waals surface area (Å²) in [6.45, 7) is 3.71. The molecule has 0 unspecified atom stereocenters. The van der Waals surface area contributed by atoms with E-state index in [0.717, 1.165) is 18.9 Å². The molecule has 128 valence electrons. The highest BCUT2D eigenvalue weighted by atomic mass is 16.6. The maximum Gasteiger partial charge on any atom is 0.339 e. The molecule has 1 saturated carbocycles. The quantitative estimate of drug-likeness (QED) is 0.326. The smallest absolute Gasteiger partial charge is 0.339 e. The fraction of sp³-hybridized carbons (Fsp3) is 0.438. The molecule has 0 bridgehead atoms. The highest BCUT2D eigenvalue weighted by molar-refractivity contribution is 5.95. The number of hydrogen-bond acceptors (Lipinski definition) is 7. The monoisotopic (exact) mass is 334 g/mol. The summed E-state index contributed by atoms with van der Waals surface area (Å²) in [5, 5.41) is 11.3. The Morgan fingerprint density at radius 1 is 1.33 bits per heavy atom. The molecule has 1 aliphatic rings. The normalized spacial score (nSPS) is 14.2. The second-order valence-electron chi connectivity index (χ2n) is 5.20. The summed E-state index contributed by atoms with van der Waals surface area (Å²) in [6.07, 6.45) is 4.24. The van der Waals surface area contributed by atoms with Crippen molar-refractivity contribution in [3.8, 4) is 0 Å². The Morgan fingerprint density at radius 3 is 2.54 bits per heavy atom. The molecule has 1 aromatic heterocycles. The zero-order valence-corrected chi connectivity index (χ0v) is 13.5. The lowest BCUT2D eigenvalue weighted by Crippen LogP contribution is -2.10. The number of ether oxygens (including phenoxy) is 2. The molecule has 24 heavy (non-hydrogen) atoms. The molecule has 0 saturated heterocycles. The first-order valence-corrected chi connectivity index (χ1v) is 7.68. The SMILES string of the molecule is CCOC(=O)/C(=C/c1ncc(C(=O)OCC)cc1[N+](=O)[O-])C1CC1. The van der Waals surface area contributed by atoms with Gasteiger partial charge in [0.05, 0.1) is 23.7 Å². The van der Waals surface area contributed by atoms with E-state index in [9.17, 15) is 19.7 Å². The first kappa shape index (κ1) is 17.6. The van der Waals surface area contributed by atoms with E-state index >= 15 is 0 Å². The number of carbonyl (C=O) groups is 2. The average Bonchev–Trinajstić information content (AvgIpc) is 3.37. The van der Waals surface area contributed by atoms with Crippen molar-refractivity contribution in [3.05, 3.63) is 39.2 Å². The van der Waals surface area contributed by atoms with Gasteiger partial charge in [-0.15, -0.1) is 0 Å². The second-order valence-corrected chi connectivity index (χ2v) is 5.20. The summed E-state index contributed by atoms with van der Waals surface area (Å²) in [5.41, 5.74) is 0.0205. The van der Waals surface area contributed by atoms with Gasteiger partial charge in [0.2, 0.25) is 0 Å². The minimum atomic E-state index is -0.684. The largest absolute Gasteiger partial charge is 0.463 e. The lowest BCUT2D eigenvalue weighted by Gasteiger charge is -2.06. The van der Waals surface area contributed by atoms with E-state index in [0.29, 0.717) is 5.57 Å². The maximum atomic E-state index is 12.0. The van der Waals surface area contributed by atoms with E-state index in [2.05, 4.69) is 4.98 Å². The summed E-state index contributed by atoms with van der Waals surface area (Å²) >= 11 is 0. The lowest BCUT2D eigenvalue weighted by molar-refractivity contribution is -0.385. The fourth-order valence-electron chi connectivity index (χ4n) is 2.15. The third kappa shape index (κ3) is 4.15. The van der Waals surface area contributed by atoms with Crippen LogP contribution >= 0.6 is 0 Å². The Hall–Kier alpha value is -2.77. The molecule has 1 fully saturated rings. The Morgan fingerprint density at radius 2 is 2.00 bits per heavy atom. The number of aromatic nitrogens is 1. The van der Waals surface area contributed by atoms with E-state index in [4.69, 9.17) is 9.47 Å². The van der Waals surface area contributed by atoms with Crippen LogP contribution in [0.2, 0.25) is 0 Å². The second kappa shape index (κ2) is 7.67. The Kier molecular flexibility index (Phi) is 5.62. The summed E-state index contributed by atoms with van der Waals surface area (Å²) < 4.78 is 9.80. The first-order valence-electron chi connectivity index (χ1n) is 7.68. The molecule has 8 heteroatoms. The Bertz CT molecular complexity index is 694. The maximum absolute atomic E-state index is 12.0. The topological polar surface area (TPSA) is 109 Å². The number of esters is 2. The molecule has 1 heterocycles. The number of pyridine rings is 1. The third-order valence-electron chi connectivity index (χ3n) is 3.43. The molecule has 2 rings (SSSR count). The van der Waals surface area contributed by atoms with Crippen LogP contribution in [0.1, 0.15) is 42.7 Å². The van der Waals surface area contributed by atoms with Crippen molar-refractivity contribution in [3.63, 3.8) is 0 Å². The minimum absolute atomic E-state index is 0.00944. The van der Waals surface area contributed by atoms with Gasteiger partial charge in [0.15, 0.2) is 0 Å². The van der Waals surface area contributed by atoms with E-state index in [1.807, 2.05) is 0 Å². The van der Waals surface area contributed by atoms with Crippen LogP contribution in [0.15, 0.2) is 17.8 Å². The standard InChI is InChI=1S/C16H18N2O6/c1-3-23-15(19)11-7-14(18(21)22)13(17-9-11)8-12(10-5-6-10)16(20)24-4-2/h7-10H,3-6H2,1-2H3/b12-8+. The number of hydrogen-bond donors (Lipinski definition) is 0. The Labute approximate surface area is 138 Å². The van der Waals surface area contributed by atoms with Crippen LogP contribution in [0.5, 0.6) is 0 Å². The van der Waals surface area contributed by atoms with E-state index in [1.165, 1.54) is 12.3 Å². The van der Waals surface area contributed by atoms with Crippen LogP contribution in [0.3, 0.4) is 0 Å². The van der Waals surface area contributed by atoms with Gasteiger partial charge in [-0.2, -0.15) is 0 Å². The van der Waals surface area contributed by atoms with Gasteiger partial charge in [0, 0.05) is 17.8 Å². The molecule has 0 N–H and O–H groups in total. The third-order valence-corrected chi connectivity index (χ3v) is 3.43. The first-order chi connectivity index (χ1) is 11.5. The van der Waals surface area contributed by atoms with Crippen molar-refractivity contribution < 1.29 is 24.0 Å². The van der Waals surface area contributed by atoms with Crippen LogP contribution in [0.4, 0.5) is 5.69 Å². The average molecular weight is 334 g/mol. The van der Waals surface area contributed by atoms with E-state index in [1.54, 1.807) is 13.8 Å². The van der Waals surface area contributed by atoms with Gasteiger partial charge in [-0.3, -0.25) is 10.1 Å². The van der Waals surface area contributed by atoms with Crippen molar-refractivity contribution in [2.24, 2.45) is 5.92 Å². The predicted octanol–water partition coefficient (Wildman–Crippen LogP) is 2.52. The van der Waals surface area contributed by atoms with Crippen molar-refractivity contribution in [2.75, 3.05) is 13.2 Å². The minimum Gasteiger partial charge on any atom is -0.463 e. The van der Waals surface area contributed by atoms with Gasteiger partial charge in [-0.25, -0.2) is 14.6 Å². The predicted molar refractivity (Wildman–Crippen MR) is 84.2 cm³/mol. The number of carbonyl (C=O) groups excluding carboxylic acids is 2. The van der Waals surface area contributed by atoms with E-state index in [-0.39, 0.29) is 36.1 Å². The molecule has 0 aliphatic heterocycles. The fourth-order valence-corrected chi connectivity index (χ4v) is 2.15. The molecule has 0 aromatic carbocycles. The van der Waals surface area contributed by atoms with Gasteiger partial charge in [-0.05, 0) is 38.7 Å². The molecule has 0 spiro atoms. The summed E-state index contributed by atoms with van der Waals surface area (Å²) in [6, 6.07) is 1.10. The highest BCUT2D eigenvalue weighted by Crippen LogP contribution is 2.38. The van der Waals surface area contributed by atoms with Crippen molar-refractivity contribution in [2.45, 2.75) is 26.7 Å². The molecule has 0 atom stereocenters. The van der Waals surface area contributed by atoms with Gasteiger partial charge in [-0.1, -0.05) is 0 Å². The van der Waals surface area contributed by atoms with Gasteiger partial charge >= 0.3 is 11.9 Å². The molecule has 1 aromatic rings.